The predicted octanol–water partition coefficient (Wildman–Crippen LogP) is 4.83. The van der Waals surface area contributed by atoms with E-state index in [2.05, 4.69) is 11.6 Å². The number of benzene rings is 1. The lowest BCUT2D eigenvalue weighted by Gasteiger charge is -2.27. The minimum Gasteiger partial charge on any atom is -0.464 e. The van der Waals surface area contributed by atoms with Gasteiger partial charge in [0.25, 0.3) is 0 Å². The standard InChI is InChI=1S/C19H32N2O4S/c1-6-7-8-9-13-20-26(24,25)21(19(22)23)18-16(14(2)3)11-10-12-17(18)15(4)5/h10-12,14-15,20H,6-9,13H2,1-5H3,(H,22,23). The van der Waals surface area contributed by atoms with Crippen LogP contribution in [0.3, 0.4) is 0 Å². The molecule has 0 heterocycles. The van der Waals surface area contributed by atoms with Crippen LogP contribution in [0.25, 0.3) is 0 Å². The maximum Gasteiger partial charge on any atom is 0.426 e. The molecule has 0 saturated heterocycles. The van der Waals surface area contributed by atoms with Crippen molar-refractivity contribution < 1.29 is 18.3 Å². The number of nitrogens with one attached hydrogen (secondary N) is 1. The Balaban J connectivity index is 3.31. The second-order valence-corrected chi connectivity index (χ2v) is 8.71. The molecule has 0 spiro atoms. The van der Waals surface area contributed by atoms with E-state index in [-0.39, 0.29) is 24.1 Å². The molecule has 1 amide bonds. The Labute approximate surface area is 157 Å². The molecule has 0 fully saturated rings. The molecule has 2 N–H and O–H groups in total. The maximum absolute atomic E-state index is 12.8. The first-order valence-corrected chi connectivity index (χ1v) is 10.7. The third-order valence-corrected chi connectivity index (χ3v) is 5.66. The Kier molecular flexibility index (Phi) is 8.56. The highest BCUT2D eigenvalue weighted by Gasteiger charge is 2.33. The van der Waals surface area contributed by atoms with Crippen molar-refractivity contribution in [2.45, 2.75) is 72.1 Å². The minimum atomic E-state index is -4.19. The van der Waals surface area contributed by atoms with E-state index in [0.29, 0.717) is 21.9 Å². The number of unbranched alkanes of at least 4 members (excludes halogenated alkanes) is 3. The third kappa shape index (κ3) is 5.71. The normalized spacial score (nSPS) is 12.0. The van der Waals surface area contributed by atoms with Crippen molar-refractivity contribution in [3.63, 3.8) is 0 Å². The summed E-state index contributed by atoms with van der Waals surface area (Å²) in [5.74, 6) is -0.0180. The van der Waals surface area contributed by atoms with Crippen LogP contribution < -0.4 is 9.03 Å². The maximum atomic E-state index is 12.8. The van der Waals surface area contributed by atoms with E-state index in [9.17, 15) is 18.3 Å². The van der Waals surface area contributed by atoms with Crippen LogP contribution in [0.1, 0.15) is 83.3 Å². The molecule has 26 heavy (non-hydrogen) atoms. The summed E-state index contributed by atoms with van der Waals surface area (Å²) in [6.45, 7) is 10.0. The monoisotopic (exact) mass is 384 g/mol. The molecular formula is C19H32N2O4S. The number of carbonyl (C=O) groups is 1. The van der Waals surface area contributed by atoms with Gasteiger partial charge >= 0.3 is 16.3 Å². The molecular weight excluding hydrogens is 352 g/mol. The first kappa shape index (κ1) is 22.4. The SMILES string of the molecule is CCCCCCNS(=O)(=O)N(C(=O)O)c1c(C(C)C)cccc1C(C)C. The van der Waals surface area contributed by atoms with E-state index in [1.165, 1.54) is 0 Å². The Hall–Kier alpha value is -1.60. The summed E-state index contributed by atoms with van der Waals surface area (Å²) in [5.41, 5.74) is 1.66. The average Bonchev–Trinajstić information content (AvgIpc) is 2.53. The third-order valence-electron chi connectivity index (χ3n) is 4.27. The van der Waals surface area contributed by atoms with Gasteiger partial charge in [-0.3, -0.25) is 0 Å². The van der Waals surface area contributed by atoms with Gasteiger partial charge in [-0.1, -0.05) is 72.1 Å². The topological polar surface area (TPSA) is 86.7 Å². The number of hydrogen-bond donors (Lipinski definition) is 2. The number of carboxylic acid groups (broad SMARTS) is 1. The van der Waals surface area contributed by atoms with E-state index < -0.39 is 16.3 Å². The Morgan fingerprint density at radius 1 is 1.08 bits per heavy atom. The van der Waals surface area contributed by atoms with Crippen LogP contribution in [0.4, 0.5) is 10.5 Å². The van der Waals surface area contributed by atoms with Gasteiger partial charge in [0.1, 0.15) is 0 Å². The second kappa shape index (κ2) is 9.92. The van der Waals surface area contributed by atoms with Gasteiger partial charge in [-0.15, -0.1) is 0 Å². The fourth-order valence-corrected chi connectivity index (χ4v) is 4.07. The van der Waals surface area contributed by atoms with Gasteiger partial charge in [-0.2, -0.15) is 17.4 Å². The van der Waals surface area contributed by atoms with Crippen molar-refractivity contribution in [2.24, 2.45) is 0 Å². The van der Waals surface area contributed by atoms with Crippen LogP contribution in [-0.4, -0.2) is 26.2 Å². The number of rotatable bonds is 10. The van der Waals surface area contributed by atoms with Crippen LogP contribution in [-0.2, 0) is 10.2 Å². The second-order valence-electron chi connectivity index (χ2n) is 7.10. The summed E-state index contributed by atoms with van der Waals surface area (Å²) in [7, 11) is -4.19. The predicted molar refractivity (Wildman–Crippen MR) is 106 cm³/mol. The van der Waals surface area contributed by atoms with Crippen molar-refractivity contribution in [1.29, 1.82) is 0 Å². The van der Waals surface area contributed by atoms with Gasteiger partial charge in [-0.05, 0) is 29.4 Å². The zero-order chi connectivity index (χ0) is 19.9. The molecule has 1 aromatic rings. The van der Waals surface area contributed by atoms with E-state index in [1.54, 1.807) is 12.1 Å². The van der Waals surface area contributed by atoms with Crippen molar-refractivity contribution in [3.8, 4) is 0 Å². The molecule has 0 aromatic heterocycles. The first-order chi connectivity index (χ1) is 12.1. The van der Waals surface area contributed by atoms with Crippen molar-refractivity contribution in [3.05, 3.63) is 29.3 Å². The van der Waals surface area contributed by atoms with Crippen LogP contribution in [0.5, 0.6) is 0 Å². The van der Waals surface area contributed by atoms with Gasteiger partial charge in [0.2, 0.25) is 0 Å². The summed E-state index contributed by atoms with van der Waals surface area (Å²) < 4.78 is 28.5. The number of anilines is 1. The Bertz CT molecular complexity index is 673. The number of para-hydroxylation sites is 1. The number of amides is 1. The highest BCUT2D eigenvalue weighted by molar-refractivity contribution is 7.91. The quantitative estimate of drug-likeness (QED) is 0.566. The lowest BCUT2D eigenvalue weighted by Crippen LogP contribution is -2.45. The highest BCUT2D eigenvalue weighted by atomic mass is 32.2. The molecule has 0 aliphatic rings. The summed E-state index contributed by atoms with van der Waals surface area (Å²) in [5, 5.41) is 9.72. The molecule has 0 saturated carbocycles. The van der Waals surface area contributed by atoms with Gasteiger partial charge in [0.15, 0.2) is 0 Å². The van der Waals surface area contributed by atoms with Gasteiger partial charge in [0.05, 0.1) is 5.69 Å². The van der Waals surface area contributed by atoms with E-state index in [0.717, 1.165) is 19.3 Å². The zero-order valence-electron chi connectivity index (χ0n) is 16.4. The Morgan fingerprint density at radius 3 is 2.04 bits per heavy atom. The minimum absolute atomic E-state index is 0.00898. The van der Waals surface area contributed by atoms with Crippen LogP contribution in [0.2, 0.25) is 0 Å². The Morgan fingerprint density at radius 2 is 1.62 bits per heavy atom. The summed E-state index contributed by atoms with van der Waals surface area (Å²) in [4.78, 5) is 11.9. The summed E-state index contributed by atoms with van der Waals surface area (Å²) in [6, 6.07) is 5.43. The van der Waals surface area contributed by atoms with Gasteiger partial charge < -0.3 is 5.11 Å². The smallest absolute Gasteiger partial charge is 0.426 e. The fraction of sp³-hybridized carbons (Fsp3) is 0.632. The molecule has 6 nitrogen and oxygen atoms in total. The summed E-state index contributed by atoms with van der Waals surface area (Å²) >= 11 is 0. The number of nitrogens with zero attached hydrogens (tertiary/aromatic N) is 1. The van der Waals surface area contributed by atoms with Crippen LogP contribution >= 0.6 is 0 Å². The molecule has 0 unspecified atom stereocenters. The van der Waals surface area contributed by atoms with E-state index in [4.69, 9.17) is 0 Å². The fourth-order valence-electron chi connectivity index (χ4n) is 2.88. The first-order valence-electron chi connectivity index (χ1n) is 9.29. The van der Waals surface area contributed by atoms with Gasteiger partial charge in [-0.25, -0.2) is 4.79 Å². The largest absolute Gasteiger partial charge is 0.464 e. The zero-order valence-corrected chi connectivity index (χ0v) is 17.3. The van der Waals surface area contributed by atoms with Crippen molar-refractivity contribution in [2.75, 3.05) is 10.8 Å². The molecule has 0 atom stereocenters. The lowest BCUT2D eigenvalue weighted by atomic mass is 9.93. The molecule has 7 heteroatoms. The molecule has 0 radical (unpaired) electrons. The van der Waals surface area contributed by atoms with E-state index in [1.807, 2.05) is 33.8 Å². The van der Waals surface area contributed by atoms with Crippen molar-refractivity contribution >= 4 is 22.0 Å². The van der Waals surface area contributed by atoms with Crippen LogP contribution in [0.15, 0.2) is 18.2 Å². The molecule has 0 bridgehead atoms. The molecule has 148 valence electrons. The van der Waals surface area contributed by atoms with Gasteiger partial charge in [0, 0.05) is 6.54 Å². The molecule has 0 aliphatic heterocycles. The molecule has 1 aromatic carbocycles. The molecule has 1 rings (SSSR count). The molecule has 0 aliphatic carbocycles. The van der Waals surface area contributed by atoms with Crippen LogP contribution in [0, 0.1) is 0 Å². The lowest BCUT2D eigenvalue weighted by molar-refractivity contribution is 0.206. The van der Waals surface area contributed by atoms with E-state index >= 15 is 0 Å². The highest BCUT2D eigenvalue weighted by Crippen LogP contribution is 2.36. The van der Waals surface area contributed by atoms with Crippen molar-refractivity contribution in [1.82, 2.24) is 4.72 Å². The summed E-state index contributed by atoms with van der Waals surface area (Å²) in [6.07, 6.45) is 2.17. The average molecular weight is 385 g/mol. The number of hydrogen-bond acceptors (Lipinski definition) is 3.